The summed E-state index contributed by atoms with van der Waals surface area (Å²) in [6.45, 7) is 6.47. The first kappa shape index (κ1) is 16.2. The molecule has 0 aliphatic heterocycles. The SMILES string of the molecule is Cc1cc(C)c(CC(NN)c2cc(Br)sc2Br)c(C)c1. The molecule has 0 aliphatic rings. The number of thiophene rings is 1. The van der Waals surface area contributed by atoms with Crippen molar-refractivity contribution >= 4 is 43.2 Å². The van der Waals surface area contributed by atoms with Gasteiger partial charge in [-0.1, -0.05) is 17.7 Å². The Balaban J connectivity index is 2.34. The van der Waals surface area contributed by atoms with E-state index in [1.54, 1.807) is 11.3 Å². The fourth-order valence-corrected chi connectivity index (χ4v) is 5.56. The van der Waals surface area contributed by atoms with Crippen LogP contribution < -0.4 is 11.3 Å². The van der Waals surface area contributed by atoms with Crippen molar-refractivity contribution in [2.75, 3.05) is 0 Å². The van der Waals surface area contributed by atoms with E-state index in [1.807, 2.05) is 0 Å². The summed E-state index contributed by atoms with van der Waals surface area (Å²) in [4.78, 5) is 0. The molecule has 0 aliphatic carbocycles. The zero-order chi connectivity index (χ0) is 14.9. The summed E-state index contributed by atoms with van der Waals surface area (Å²) in [5, 5.41) is 0. The second kappa shape index (κ2) is 6.71. The number of aryl methyl sites for hydroxylation is 3. The quantitative estimate of drug-likeness (QED) is 0.545. The lowest BCUT2D eigenvalue weighted by atomic mass is 9.93. The molecule has 0 radical (unpaired) electrons. The summed E-state index contributed by atoms with van der Waals surface area (Å²) in [6.07, 6.45) is 0.885. The van der Waals surface area contributed by atoms with E-state index < -0.39 is 0 Å². The molecule has 5 heteroatoms. The van der Waals surface area contributed by atoms with Gasteiger partial charge in [-0.05, 0) is 87.4 Å². The van der Waals surface area contributed by atoms with E-state index in [0.717, 1.165) is 14.0 Å². The van der Waals surface area contributed by atoms with E-state index in [1.165, 1.54) is 27.8 Å². The first-order valence-electron chi connectivity index (χ1n) is 6.40. The molecule has 1 aromatic heterocycles. The molecule has 0 spiro atoms. The summed E-state index contributed by atoms with van der Waals surface area (Å²) < 4.78 is 2.23. The molecular formula is C15H18Br2N2S. The Morgan fingerprint density at radius 3 is 2.20 bits per heavy atom. The predicted molar refractivity (Wildman–Crippen MR) is 94.1 cm³/mol. The minimum atomic E-state index is 0.104. The smallest absolute Gasteiger partial charge is 0.0758 e. The Morgan fingerprint density at radius 1 is 1.15 bits per heavy atom. The van der Waals surface area contributed by atoms with Gasteiger partial charge in [0, 0.05) is 0 Å². The summed E-state index contributed by atoms with van der Waals surface area (Å²) in [5.41, 5.74) is 9.47. The Morgan fingerprint density at radius 2 is 1.75 bits per heavy atom. The molecule has 108 valence electrons. The Kier molecular flexibility index (Phi) is 5.42. The van der Waals surface area contributed by atoms with E-state index in [2.05, 4.69) is 76.3 Å². The molecule has 2 nitrogen and oxygen atoms in total. The van der Waals surface area contributed by atoms with Gasteiger partial charge in [0.25, 0.3) is 0 Å². The van der Waals surface area contributed by atoms with Crippen LogP contribution in [-0.2, 0) is 6.42 Å². The molecule has 0 amide bonds. The third-order valence-corrected chi connectivity index (χ3v) is 5.89. The van der Waals surface area contributed by atoms with E-state index in [4.69, 9.17) is 5.84 Å². The third kappa shape index (κ3) is 3.52. The van der Waals surface area contributed by atoms with Crippen molar-refractivity contribution in [1.29, 1.82) is 0 Å². The summed E-state index contributed by atoms with van der Waals surface area (Å²) >= 11 is 8.81. The van der Waals surface area contributed by atoms with Gasteiger partial charge in [0.05, 0.1) is 13.6 Å². The average molecular weight is 418 g/mol. The number of hydrazine groups is 1. The minimum absolute atomic E-state index is 0.104. The zero-order valence-corrected chi connectivity index (χ0v) is 15.7. The van der Waals surface area contributed by atoms with Gasteiger partial charge in [-0.25, -0.2) is 0 Å². The molecular weight excluding hydrogens is 400 g/mol. The van der Waals surface area contributed by atoms with Gasteiger partial charge in [0.1, 0.15) is 0 Å². The van der Waals surface area contributed by atoms with Crippen LogP contribution >= 0.6 is 43.2 Å². The molecule has 20 heavy (non-hydrogen) atoms. The number of hydrogen-bond acceptors (Lipinski definition) is 3. The zero-order valence-electron chi connectivity index (χ0n) is 11.8. The molecule has 1 heterocycles. The number of halogens is 2. The highest BCUT2D eigenvalue weighted by atomic mass is 79.9. The maximum atomic E-state index is 5.78. The fourth-order valence-electron chi connectivity index (χ4n) is 2.59. The topological polar surface area (TPSA) is 38.0 Å². The van der Waals surface area contributed by atoms with Crippen LogP contribution in [0.1, 0.15) is 33.9 Å². The second-order valence-electron chi connectivity index (χ2n) is 5.08. The number of nitrogens with one attached hydrogen (secondary N) is 1. The molecule has 2 rings (SSSR count). The maximum Gasteiger partial charge on any atom is 0.0758 e. The summed E-state index contributed by atoms with van der Waals surface area (Å²) in [5.74, 6) is 5.78. The van der Waals surface area contributed by atoms with Gasteiger partial charge in [0.2, 0.25) is 0 Å². The van der Waals surface area contributed by atoms with Crippen LogP contribution in [0.3, 0.4) is 0 Å². The largest absolute Gasteiger partial charge is 0.271 e. The second-order valence-corrected chi connectivity index (χ2v) is 8.83. The van der Waals surface area contributed by atoms with Crippen LogP contribution in [-0.4, -0.2) is 0 Å². The summed E-state index contributed by atoms with van der Waals surface area (Å²) in [7, 11) is 0. The van der Waals surface area contributed by atoms with Gasteiger partial charge in [-0.15, -0.1) is 11.3 Å². The highest BCUT2D eigenvalue weighted by Gasteiger charge is 2.18. The number of benzene rings is 1. The molecule has 1 unspecified atom stereocenters. The molecule has 2 aromatic rings. The van der Waals surface area contributed by atoms with Gasteiger partial charge in [-0.3, -0.25) is 11.3 Å². The van der Waals surface area contributed by atoms with Gasteiger partial charge < -0.3 is 0 Å². The van der Waals surface area contributed by atoms with Crippen molar-refractivity contribution < 1.29 is 0 Å². The van der Waals surface area contributed by atoms with E-state index >= 15 is 0 Å². The first-order chi connectivity index (χ1) is 9.42. The van der Waals surface area contributed by atoms with Gasteiger partial charge >= 0.3 is 0 Å². The molecule has 0 bridgehead atoms. The molecule has 0 fully saturated rings. The third-order valence-electron chi connectivity index (χ3n) is 3.51. The van der Waals surface area contributed by atoms with E-state index in [-0.39, 0.29) is 6.04 Å². The van der Waals surface area contributed by atoms with Crippen LogP contribution in [0.2, 0.25) is 0 Å². The highest BCUT2D eigenvalue weighted by Crippen LogP contribution is 2.37. The number of hydrogen-bond donors (Lipinski definition) is 2. The molecule has 0 saturated carbocycles. The van der Waals surface area contributed by atoms with Crippen molar-refractivity contribution in [3.05, 3.63) is 53.6 Å². The van der Waals surface area contributed by atoms with Crippen molar-refractivity contribution in [3.63, 3.8) is 0 Å². The van der Waals surface area contributed by atoms with Crippen LogP contribution in [0, 0.1) is 20.8 Å². The predicted octanol–water partition coefficient (Wildman–Crippen LogP) is 4.95. The lowest BCUT2D eigenvalue weighted by Gasteiger charge is -2.19. The van der Waals surface area contributed by atoms with Crippen molar-refractivity contribution in [2.24, 2.45) is 5.84 Å². The minimum Gasteiger partial charge on any atom is -0.271 e. The summed E-state index contributed by atoms with van der Waals surface area (Å²) in [6, 6.07) is 6.69. The fraction of sp³-hybridized carbons (Fsp3) is 0.333. The van der Waals surface area contributed by atoms with Crippen molar-refractivity contribution in [3.8, 4) is 0 Å². The normalized spacial score (nSPS) is 12.7. The van der Waals surface area contributed by atoms with E-state index in [9.17, 15) is 0 Å². The molecule has 1 atom stereocenters. The van der Waals surface area contributed by atoms with Gasteiger partial charge in [-0.2, -0.15) is 0 Å². The van der Waals surface area contributed by atoms with Crippen molar-refractivity contribution in [2.45, 2.75) is 33.2 Å². The van der Waals surface area contributed by atoms with Crippen molar-refractivity contribution in [1.82, 2.24) is 5.43 Å². The monoisotopic (exact) mass is 416 g/mol. The average Bonchev–Trinajstić information content (AvgIpc) is 2.67. The Bertz CT molecular complexity index is 599. The molecule has 0 saturated heterocycles. The molecule has 3 N–H and O–H groups in total. The van der Waals surface area contributed by atoms with Gasteiger partial charge in [0.15, 0.2) is 0 Å². The van der Waals surface area contributed by atoms with Crippen LogP contribution in [0.15, 0.2) is 25.8 Å². The highest BCUT2D eigenvalue weighted by molar-refractivity contribution is 9.12. The number of nitrogens with two attached hydrogens (primary N) is 1. The Labute approximate surface area is 141 Å². The van der Waals surface area contributed by atoms with E-state index in [0.29, 0.717) is 0 Å². The lowest BCUT2D eigenvalue weighted by molar-refractivity contribution is 0.549. The maximum absolute atomic E-state index is 5.78. The first-order valence-corrected chi connectivity index (χ1v) is 8.80. The van der Waals surface area contributed by atoms with Crippen LogP contribution in [0.5, 0.6) is 0 Å². The van der Waals surface area contributed by atoms with Crippen LogP contribution in [0.25, 0.3) is 0 Å². The standard InChI is InChI=1S/C15H18Br2N2S/c1-8-4-9(2)11(10(3)5-8)6-13(19-18)12-7-14(16)20-15(12)17/h4-5,7,13,19H,6,18H2,1-3H3. The lowest BCUT2D eigenvalue weighted by Crippen LogP contribution is -2.30. The van der Waals surface area contributed by atoms with Crippen LogP contribution in [0.4, 0.5) is 0 Å². The number of rotatable bonds is 4. The molecule has 1 aromatic carbocycles. The Hall–Kier alpha value is -0.200.